The second kappa shape index (κ2) is 5.80. The van der Waals surface area contributed by atoms with Gasteiger partial charge in [0.05, 0.1) is 6.04 Å². The number of rotatable bonds is 5. The Kier molecular flexibility index (Phi) is 4.35. The van der Waals surface area contributed by atoms with Crippen molar-refractivity contribution in [2.45, 2.75) is 45.7 Å². The molecule has 1 aliphatic heterocycles. The number of likely N-dealkylation sites (tertiary alicyclic amines) is 1. The summed E-state index contributed by atoms with van der Waals surface area (Å²) in [5.74, 6) is 2.19. The number of hydrogen-bond donors (Lipinski definition) is 1. The minimum absolute atomic E-state index is 0.151. The van der Waals surface area contributed by atoms with Gasteiger partial charge < -0.3 is 14.7 Å². The molecular formula is C13H24N4O. The van der Waals surface area contributed by atoms with Gasteiger partial charge in [-0.25, -0.2) is 0 Å². The highest BCUT2D eigenvalue weighted by molar-refractivity contribution is 4.94. The van der Waals surface area contributed by atoms with E-state index < -0.39 is 0 Å². The highest BCUT2D eigenvalue weighted by Crippen LogP contribution is 2.22. The van der Waals surface area contributed by atoms with E-state index in [4.69, 9.17) is 4.52 Å². The normalized spacial score (nSPS) is 22.8. The van der Waals surface area contributed by atoms with Crippen molar-refractivity contribution in [3.63, 3.8) is 0 Å². The molecule has 0 saturated carbocycles. The van der Waals surface area contributed by atoms with Crippen LogP contribution in [-0.4, -0.2) is 41.2 Å². The summed E-state index contributed by atoms with van der Waals surface area (Å²) >= 11 is 0. The minimum atomic E-state index is 0.151. The van der Waals surface area contributed by atoms with Crippen molar-refractivity contribution in [1.29, 1.82) is 0 Å². The first kappa shape index (κ1) is 13.5. The van der Waals surface area contributed by atoms with Crippen LogP contribution in [0.15, 0.2) is 4.52 Å². The third kappa shape index (κ3) is 3.09. The van der Waals surface area contributed by atoms with Gasteiger partial charge in [0, 0.05) is 19.0 Å². The van der Waals surface area contributed by atoms with Gasteiger partial charge in [-0.1, -0.05) is 5.16 Å². The van der Waals surface area contributed by atoms with Crippen LogP contribution in [0.5, 0.6) is 0 Å². The largest absolute Gasteiger partial charge is 0.339 e. The predicted octanol–water partition coefficient (Wildman–Crippen LogP) is 1.62. The first-order valence-corrected chi connectivity index (χ1v) is 6.84. The molecule has 5 heteroatoms. The average molecular weight is 252 g/mol. The fraction of sp³-hybridized carbons (Fsp3) is 0.846. The maximum absolute atomic E-state index is 5.33. The Hall–Kier alpha value is -0.940. The lowest BCUT2D eigenvalue weighted by Gasteiger charge is -2.19. The quantitative estimate of drug-likeness (QED) is 0.863. The molecule has 102 valence electrons. The van der Waals surface area contributed by atoms with E-state index in [-0.39, 0.29) is 6.04 Å². The summed E-state index contributed by atoms with van der Waals surface area (Å²) < 4.78 is 5.33. The van der Waals surface area contributed by atoms with Crippen LogP contribution in [-0.2, 0) is 6.42 Å². The van der Waals surface area contributed by atoms with E-state index >= 15 is 0 Å². The van der Waals surface area contributed by atoms with E-state index in [1.807, 2.05) is 14.0 Å². The third-order valence-corrected chi connectivity index (χ3v) is 3.81. The number of nitrogens with one attached hydrogen (secondary N) is 1. The predicted molar refractivity (Wildman–Crippen MR) is 70.3 cm³/mol. The number of aromatic nitrogens is 2. The Labute approximate surface area is 109 Å². The molecule has 0 radical (unpaired) electrons. The maximum atomic E-state index is 5.33. The summed E-state index contributed by atoms with van der Waals surface area (Å²) in [6.07, 6.45) is 2.14. The fourth-order valence-electron chi connectivity index (χ4n) is 2.40. The maximum Gasteiger partial charge on any atom is 0.227 e. The second-order valence-electron chi connectivity index (χ2n) is 5.50. The molecule has 5 nitrogen and oxygen atoms in total. The van der Waals surface area contributed by atoms with Gasteiger partial charge in [-0.3, -0.25) is 0 Å². The van der Waals surface area contributed by atoms with Crippen molar-refractivity contribution >= 4 is 0 Å². The van der Waals surface area contributed by atoms with Crippen molar-refractivity contribution in [2.75, 3.05) is 20.1 Å². The van der Waals surface area contributed by atoms with Crippen LogP contribution in [0.25, 0.3) is 0 Å². The molecule has 1 aromatic rings. The SMILES string of the molecule is CNC(C)c1noc(CC2CCN(C(C)C)C2)n1. The molecule has 2 heterocycles. The highest BCUT2D eigenvalue weighted by atomic mass is 16.5. The van der Waals surface area contributed by atoms with Gasteiger partial charge in [0.2, 0.25) is 5.89 Å². The van der Waals surface area contributed by atoms with E-state index in [1.165, 1.54) is 13.0 Å². The zero-order chi connectivity index (χ0) is 13.1. The van der Waals surface area contributed by atoms with Crippen molar-refractivity contribution in [2.24, 2.45) is 5.92 Å². The Bertz CT molecular complexity index is 377. The van der Waals surface area contributed by atoms with Crippen LogP contribution >= 0.6 is 0 Å². The second-order valence-corrected chi connectivity index (χ2v) is 5.50. The summed E-state index contributed by atoms with van der Waals surface area (Å²) in [5.41, 5.74) is 0. The van der Waals surface area contributed by atoms with Crippen LogP contribution in [0.3, 0.4) is 0 Å². The summed E-state index contributed by atoms with van der Waals surface area (Å²) in [7, 11) is 1.90. The lowest BCUT2D eigenvalue weighted by molar-refractivity contribution is 0.260. The summed E-state index contributed by atoms with van der Waals surface area (Å²) in [4.78, 5) is 6.97. The lowest BCUT2D eigenvalue weighted by Crippen LogP contribution is -2.28. The first-order valence-electron chi connectivity index (χ1n) is 6.84. The highest BCUT2D eigenvalue weighted by Gasteiger charge is 2.26. The van der Waals surface area contributed by atoms with E-state index in [1.54, 1.807) is 0 Å². The molecule has 1 N–H and O–H groups in total. The van der Waals surface area contributed by atoms with Crippen LogP contribution < -0.4 is 5.32 Å². The molecule has 0 aliphatic carbocycles. The fourth-order valence-corrected chi connectivity index (χ4v) is 2.40. The Morgan fingerprint density at radius 2 is 2.22 bits per heavy atom. The standard InChI is InChI=1S/C13H24N4O/c1-9(2)17-6-5-11(8-17)7-12-15-13(16-18-12)10(3)14-4/h9-11,14H,5-8H2,1-4H3. The molecular weight excluding hydrogens is 228 g/mol. The van der Waals surface area contributed by atoms with Crippen LogP contribution in [0.4, 0.5) is 0 Å². The molecule has 0 amide bonds. The molecule has 0 spiro atoms. The molecule has 0 bridgehead atoms. The Morgan fingerprint density at radius 3 is 2.83 bits per heavy atom. The first-order chi connectivity index (χ1) is 8.60. The van der Waals surface area contributed by atoms with Crippen molar-refractivity contribution < 1.29 is 4.52 Å². The minimum Gasteiger partial charge on any atom is -0.339 e. The van der Waals surface area contributed by atoms with E-state index in [9.17, 15) is 0 Å². The van der Waals surface area contributed by atoms with Crippen molar-refractivity contribution in [1.82, 2.24) is 20.4 Å². The van der Waals surface area contributed by atoms with Crippen LogP contribution in [0, 0.1) is 5.92 Å². The molecule has 1 fully saturated rings. The summed E-state index contributed by atoms with van der Waals surface area (Å²) in [5, 5.41) is 7.14. The molecule has 1 aliphatic rings. The molecule has 0 aromatic carbocycles. The Balaban J connectivity index is 1.89. The smallest absolute Gasteiger partial charge is 0.227 e. The molecule has 1 saturated heterocycles. The number of nitrogens with zero attached hydrogens (tertiary/aromatic N) is 3. The van der Waals surface area contributed by atoms with E-state index in [0.717, 1.165) is 24.7 Å². The molecule has 2 rings (SSSR count). The van der Waals surface area contributed by atoms with E-state index in [2.05, 4.69) is 34.2 Å². The van der Waals surface area contributed by atoms with Crippen molar-refractivity contribution in [3.8, 4) is 0 Å². The summed E-state index contributed by atoms with van der Waals surface area (Å²) in [6.45, 7) is 8.88. The van der Waals surface area contributed by atoms with E-state index in [0.29, 0.717) is 12.0 Å². The van der Waals surface area contributed by atoms with Gasteiger partial charge >= 0.3 is 0 Å². The zero-order valence-corrected chi connectivity index (χ0v) is 11.8. The van der Waals surface area contributed by atoms with Crippen LogP contribution in [0.2, 0.25) is 0 Å². The van der Waals surface area contributed by atoms with Gasteiger partial charge in [-0.15, -0.1) is 0 Å². The molecule has 18 heavy (non-hydrogen) atoms. The number of hydrogen-bond acceptors (Lipinski definition) is 5. The zero-order valence-electron chi connectivity index (χ0n) is 11.8. The molecule has 2 unspecified atom stereocenters. The Morgan fingerprint density at radius 1 is 1.44 bits per heavy atom. The monoisotopic (exact) mass is 252 g/mol. The molecule has 2 atom stereocenters. The topological polar surface area (TPSA) is 54.2 Å². The van der Waals surface area contributed by atoms with Crippen LogP contribution in [0.1, 0.15) is 44.9 Å². The van der Waals surface area contributed by atoms with Gasteiger partial charge in [0.25, 0.3) is 0 Å². The van der Waals surface area contributed by atoms with Gasteiger partial charge in [-0.2, -0.15) is 4.98 Å². The summed E-state index contributed by atoms with van der Waals surface area (Å²) in [6, 6.07) is 0.788. The van der Waals surface area contributed by atoms with Crippen molar-refractivity contribution in [3.05, 3.63) is 11.7 Å². The lowest BCUT2D eigenvalue weighted by atomic mass is 10.1. The van der Waals surface area contributed by atoms with Gasteiger partial charge in [0.1, 0.15) is 0 Å². The third-order valence-electron chi connectivity index (χ3n) is 3.81. The van der Waals surface area contributed by atoms with Gasteiger partial charge in [-0.05, 0) is 46.7 Å². The molecule has 1 aromatic heterocycles. The average Bonchev–Trinajstić information content (AvgIpc) is 2.98. The van der Waals surface area contributed by atoms with Gasteiger partial charge in [0.15, 0.2) is 5.82 Å².